The van der Waals surface area contributed by atoms with Gasteiger partial charge in [-0.15, -0.1) is 0 Å². The van der Waals surface area contributed by atoms with Crippen molar-refractivity contribution in [1.29, 1.82) is 0 Å². The van der Waals surface area contributed by atoms with E-state index in [1.54, 1.807) is 12.1 Å². The first kappa shape index (κ1) is 11.0. The fraction of sp³-hybridized carbons (Fsp3) is 0.273. The molecule has 0 amide bonds. The zero-order chi connectivity index (χ0) is 11.9. The van der Waals surface area contributed by atoms with Gasteiger partial charge in [-0.3, -0.25) is 0 Å². The van der Waals surface area contributed by atoms with E-state index in [0.717, 1.165) is 5.56 Å². The Hall–Kier alpha value is -1.55. The summed E-state index contributed by atoms with van der Waals surface area (Å²) >= 11 is 5.89. The molecule has 0 spiro atoms. The number of hydrogen-bond acceptors (Lipinski definition) is 3. The number of ether oxygens (including phenoxy) is 1. The van der Waals surface area contributed by atoms with Crippen LogP contribution in [0.15, 0.2) is 12.1 Å². The molecular formula is C11H9ClO4. The molecule has 5 heteroatoms. The van der Waals surface area contributed by atoms with E-state index < -0.39 is 18.0 Å². The Morgan fingerprint density at radius 1 is 1.56 bits per heavy atom. The van der Waals surface area contributed by atoms with Crippen LogP contribution in [0.3, 0.4) is 0 Å². The van der Waals surface area contributed by atoms with Gasteiger partial charge in [-0.1, -0.05) is 17.7 Å². The number of benzene rings is 1. The molecule has 1 unspecified atom stereocenters. The Kier molecular flexibility index (Phi) is 2.59. The van der Waals surface area contributed by atoms with Crippen molar-refractivity contribution in [3.8, 4) is 0 Å². The zero-order valence-electron chi connectivity index (χ0n) is 8.49. The van der Waals surface area contributed by atoms with Crippen molar-refractivity contribution in [1.82, 2.24) is 0 Å². The van der Waals surface area contributed by atoms with Gasteiger partial charge in [0, 0.05) is 6.42 Å². The molecule has 1 atom stereocenters. The van der Waals surface area contributed by atoms with Crippen LogP contribution in [0.2, 0.25) is 5.02 Å². The topological polar surface area (TPSA) is 63.6 Å². The summed E-state index contributed by atoms with van der Waals surface area (Å²) in [6, 6.07) is 3.37. The van der Waals surface area contributed by atoms with Crippen molar-refractivity contribution in [3.63, 3.8) is 0 Å². The van der Waals surface area contributed by atoms with Gasteiger partial charge in [0.2, 0.25) is 6.10 Å². The molecule has 1 aliphatic heterocycles. The van der Waals surface area contributed by atoms with Gasteiger partial charge in [0.1, 0.15) is 0 Å². The van der Waals surface area contributed by atoms with E-state index in [-0.39, 0.29) is 6.42 Å². The van der Waals surface area contributed by atoms with Crippen LogP contribution in [0.25, 0.3) is 0 Å². The minimum atomic E-state index is -1.14. The van der Waals surface area contributed by atoms with Crippen LogP contribution >= 0.6 is 11.6 Å². The number of aliphatic carboxylic acids is 1. The third kappa shape index (κ3) is 1.65. The number of carboxylic acids is 1. The van der Waals surface area contributed by atoms with E-state index in [9.17, 15) is 9.59 Å². The second-order valence-corrected chi connectivity index (χ2v) is 4.06. The lowest BCUT2D eigenvalue weighted by Crippen LogP contribution is -2.34. The summed E-state index contributed by atoms with van der Waals surface area (Å²) in [5.41, 5.74) is 1.80. The smallest absolute Gasteiger partial charge is 0.345 e. The average Bonchev–Trinajstić information content (AvgIpc) is 2.22. The summed E-state index contributed by atoms with van der Waals surface area (Å²) < 4.78 is 4.79. The van der Waals surface area contributed by atoms with Gasteiger partial charge in [0.25, 0.3) is 0 Å². The molecular weight excluding hydrogens is 232 g/mol. The predicted molar refractivity (Wildman–Crippen MR) is 56.7 cm³/mol. The number of esters is 1. The molecule has 1 heterocycles. The third-order valence-corrected chi connectivity index (χ3v) is 2.93. The van der Waals surface area contributed by atoms with Gasteiger partial charge in [0.15, 0.2) is 0 Å². The third-order valence-electron chi connectivity index (χ3n) is 2.61. The monoisotopic (exact) mass is 240 g/mol. The van der Waals surface area contributed by atoms with Gasteiger partial charge >= 0.3 is 11.9 Å². The first-order valence-electron chi connectivity index (χ1n) is 4.72. The molecule has 4 nitrogen and oxygen atoms in total. The lowest BCUT2D eigenvalue weighted by Gasteiger charge is -2.23. The molecule has 2 rings (SSSR count). The van der Waals surface area contributed by atoms with E-state index in [4.69, 9.17) is 21.4 Å². The maximum absolute atomic E-state index is 11.6. The number of fused-ring (bicyclic) bond motifs is 1. The van der Waals surface area contributed by atoms with Crippen molar-refractivity contribution in [2.45, 2.75) is 19.4 Å². The highest BCUT2D eigenvalue weighted by Gasteiger charge is 2.33. The van der Waals surface area contributed by atoms with Gasteiger partial charge in [-0.25, -0.2) is 9.59 Å². The number of cyclic esters (lactones) is 1. The summed E-state index contributed by atoms with van der Waals surface area (Å²) in [6.45, 7) is 1.81. The number of hydrogen-bond donors (Lipinski definition) is 1. The molecule has 1 N–H and O–H groups in total. The Balaban J connectivity index is 2.54. The van der Waals surface area contributed by atoms with Crippen LogP contribution < -0.4 is 0 Å². The van der Waals surface area contributed by atoms with Crippen molar-refractivity contribution < 1.29 is 19.4 Å². The lowest BCUT2D eigenvalue weighted by molar-refractivity contribution is -0.147. The Labute approximate surface area is 96.8 Å². The predicted octanol–water partition coefficient (Wildman–Crippen LogP) is 1.81. The first-order valence-corrected chi connectivity index (χ1v) is 5.10. The first-order chi connectivity index (χ1) is 7.50. The molecule has 16 heavy (non-hydrogen) atoms. The van der Waals surface area contributed by atoms with E-state index in [1.807, 2.05) is 6.92 Å². The molecule has 0 aliphatic carbocycles. The Morgan fingerprint density at radius 3 is 2.88 bits per heavy atom. The zero-order valence-corrected chi connectivity index (χ0v) is 9.25. The summed E-state index contributed by atoms with van der Waals surface area (Å²) in [4.78, 5) is 22.4. The van der Waals surface area contributed by atoms with E-state index in [2.05, 4.69) is 0 Å². The summed E-state index contributed by atoms with van der Waals surface area (Å²) in [6.07, 6.45) is -0.944. The number of halogens is 1. The molecule has 0 fully saturated rings. The van der Waals surface area contributed by atoms with Crippen molar-refractivity contribution in [2.24, 2.45) is 0 Å². The fourth-order valence-corrected chi connectivity index (χ4v) is 2.01. The highest BCUT2D eigenvalue weighted by Crippen LogP contribution is 2.29. The standard InChI is InChI=1S/C11H9ClO4/c1-5-2-3-7(12)9-6(5)4-8(10(13)14)16-11(9)15/h2-3,8H,4H2,1H3,(H,13,14). The van der Waals surface area contributed by atoms with Gasteiger partial charge in [0.05, 0.1) is 10.6 Å². The van der Waals surface area contributed by atoms with Crippen LogP contribution in [0.5, 0.6) is 0 Å². The number of carboxylic acid groups (broad SMARTS) is 1. The molecule has 84 valence electrons. The number of carbonyl (C=O) groups excluding carboxylic acids is 1. The van der Waals surface area contributed by atoms with Gasteiger partial charge in [-0.05, 0) is 24.1 Å². The molecule has 1 aromatic carbocycles. The van der Waals surface area contributed by atoms with Crippen molar-refractivity contribution in [3.05, 3.63) is 33.8 Å². The normalized spacial score (nSPS) is 18.9. The largest absolute Gasteiger partial charge is 0.478 e. The molecule has 1 aromatic rings. The summed E-state index contributed by atoms with van der Waals surface area (Å²) in [7, 11) is 0. The van der Waals surface area contributed by atoms with Crippen molar-refractivity contribution >= 4 is 23.5 Å². The van der Waals surface area contributed by atoms with Crippen LogP contribution in [-0.2, 0) is 16.0 Å². The highest BCUT2D eigenvalue weighted by molar-refractivity contribution is 6.34. The molecule has 0 saturated carbocycles. The van der Waals surface area contributed by atoms with E-state index >= 15 is 0 Å². The number of rotatable bonds is 1. The molecule has 1 aliphatic rings. The van der Waals surface area contributed by atoms with Crippen LogP contribution in [0.4, 0.5) is 0 Å². The molecule has 0 aromatic heterocycles. The Bertz CT molecular complexity index is 481. The lowest BCUT2D eigenvalue weighted by atomic mass is 9.94. The van der Waals surface area contributed by atoms with Gasteiger partial charge < -0.3 is 9.84 Å². The fourth-order valence-electron chi connectivity index (χ4n) is 1.76. The second kappa shape index (κ2) is 3.79. The molecule has 0 radical (unpaired) electrons. The van der Waals surface area contributed by atoms with Crippen LogP contribution in [-0.4, -0.2) is 23.1 Å². The minimum absolute atomic E-state index is 0.169. The second-order valence-electron chi connectivity index (χ2n) is 3.65. The average molecular weight is 241 g/mol. The number of carbonyl (C=O) groups is 2. The van der Waals surface area contributed by atoms with Crippen LogP contribution in [0.1, 0.15) is 21.5 Å². The molecule has 0 bridgehead atoms. The highest BCUT2D eigenvalue weighted by atomic mass is 35.5. The van der Waals surface area contributed by atoms with E-state index in [0.29, 0.717) is 16.1 Å². The Morgan fingerprint density at radius 2 is 2.25 bits per heavy atom. The summed E-state index contributed by atoms with van der Waals surface area (Å²) in [5.74, 6) is -1.80. The van der Waals surface area contributed by atoms with Gasteiger partial charge in [-0.2, -0.15) is 0 Å². The SMILES string of the molecule is Cc1ccc(Cl)c2c1CC(C(=O)O)OC2=O. The minimum Gasteiger partial charge on any atom is -0.478 e. The number of aryl methyl sites for hydroxylation is 1. The summed E-state index contributed by atoms with van der Waals surface area (Å²) in [5, 5.41) is 9.13. The van der Waals surface area contributed by atoms with E-state index in [1.165, 1.54) is 0 Å². The quantitative estimate of drug-likeness (QED) is 0.761. The molecule has 0 saturated heterocycles. The van der Waals surface area contributed by atoms with Crippen molar-refractivity contribution in [2.75, 3.05) is 0 Å². The van der Waals surface area contributed by atoms with Crippen LogP contribution in [0, 0.1) is 6.92 Å². The maximum Gasteiger partial charge on any atom is 0.345 e. The maximum atomic E-state index is 11.6.